The van der Waals surface area contributed by atoms with Crippen LogP contribution in [-0.2, 0) is 6.54 Å². The van der Waals surface area contributed by atoms with E-state index < -0.39 is 0 Å². The number of nitrogens with one attached hydrogen (secondary N) is 1. The lowest BCUT2D eigenvalue weighted by atomic mass is 10.2. The van der Waals surface area contributed by atoms with E-state index in [1.54, 1.807) is 0 Å². The summed E-state index contributed by atoms with van der Waals surface area (Å²) >= 11 is 0. The maximum absolute atomic E-state index is 4.27. The van der Waals surface area contributed by atoms with E-state index in [-0.39, 0.29) is 0 Å². The van der Waals surface area contributed by atoms with Gasteiger partial charge in [0, 0.05) is 25.9 Å². The second kappa shape index (κ2) is 3.42. The van der Waals surface area contributed by atoms with Gasteiger partial charge in [0.25, 0.3) is 0 Å². The van der Waals surface area contributed by atoms with E-state index in [9.17, 15) is 0 Å². The van der Waals surface area contributed by atoms with Crippen molar-refractivity contribution in [1.82, 2.24) is 9.78 Å². The molecule has 0 saturated carbocycles. The van der Waals surface area contributed by atoms with Crippen LogP contribution < -0.4 is 5.32 Å². The van der Waals surface area contributed by atoms with Crippen molar-refractivity contribution in [1.29, 1.82) is 0 Å². The standard InChI is InChI=1S/C8H15N3/c1-7(2)6-11-5-4-8(9-3)10-11/h4-5,7H,6H2,1-3H3,(H,9,10). The van der Waals surface area contributed by atoms with Crippen molar-refractivity contribution in [3.63, 3.8) is 0 Å². The molecule has 3 heteroatoms. The Labute approximate surface area is 67.4 Å². The van der Waals surface area contributed by atoms with E-state index in [2.05, 4.69) is 24.3 Å². The molecule has 1 heterocycles. The molecule has 1 aromatic rings. The Hall–Kier alpha value is -0.990. The summed E-state index contributed by atoms with van der Waals surface area (Å²) in [6.07, 6.45) is 1.99. The summed E-state index contributed by atoms with van der Waals surface area (Å²) in [5.74, 6) is 1.59. The highest BCUT2D eigenvalue weighted by atomic mass is 15.3. The average molecular weight is 153 g/mol. The van der Waals surface area contributed by atoms with Gasteiger partial charge < -0.3 is 5.32 Å². The molecular formula is C8H15N3. The molecule has 1 aromatic heterocycles. The third-order valence-corrected chi connectivity index (χ3v) is 1.45. The van der Waals surface area contributed by atoms with Crippen LogP contribution in [0.5, 0.6) is 0 Å². The predicted molar refractivity (Wildman–Crippen MR) is 46.6 cm³/mol. The van der Waals surface area contributed by atoms with Gasteiger partial charge in [0.2, 0.25) is 0 Å². The topological polar surface area (TPSA) is 29.9 Å². The Kier molecular flexibility index (Phi) is 2.52. The summed E-state index contributed by atoms with van der Waals surface area (Å²) in [5.41, 5.74) is 0. The molecule has 0 bridgehead atoms. The van der Waals surface area contributed by atoms with E-state index in [0.717, 1.165) is 12.4 Å². The summed E-state index contributed by atoms with van der Waals surface area (Å²) in [6.45, 7) is 5.35. The molecular weight excluding hydrogens is 138 g/mol. The highest BCUT2D eigenvalue weighted by Crippen LogP contribution is 2.03. The lowest BCUT2D eigenvalue weighted by Gasteiger charge is -2.03. The first-order valence-corrected chi connectivity index (χ1v) is 3.93. The highest BCUT2D eigenvalue weighted by Gasteiger charge is 1.97. The fourth-order valence-electron chi connectivity index (χ4n) is 0.971. The Morgan fingerprint density at radius 2 is 2.36 bits per heavy atom. The van der Waals surface area contributed by atoms with Crippen LogP contribution >= 0.6 is 0 Å². The maximum Gasteiger partial charge on any atom is 0.147 e. The first-order valence-electron chi connectivity index (χ1n) is 3.93. The van der Waals surface area contributed by atoms with Gasteiger partial charge >= 0.3 is 0 Å². The molecule has 0 aliphatic carbocycles. The molecule has 0 aromatic carbocycles. The van der Waals surface area contributed by atoms with Gasteiger partial charge in [-0.2, -0.15) is 5.10 Å². The summed E-state index contributed by atoms with van der Waals surface area (Å²) in [5, 5.41) is 7.26. The van der Waals surface area contributed by atoms with Crippen LogP contribution in [0.3, 0.4) is 0 Å². The fraction of sp³-hybridized carbons (Fsp3) is 0.625. The first-order chi connectivity index (χ1) is 5.22. The maximum atomic E-state index is 4.27. The molecule has 0 saturated heterocycles. The number of aromatic nitrogens is 2. The minimum absolute atomic E-state index is 0.652. The van der Waals surface area contributed by atoms with Gasteiger partial charge in [-0.25, -0.2) is 0 Å². The van der Waals surface area contributed by atoms with Gasteiger partial charge in [-0.1, -0.05) is 13.8 Å². The van der Waals surface area contributed by atoms with Gasteiger partial charge in [0.05, 0.1) is 0 Å². The summed E-state index contributed by atoms with van der Waals surface area (Å²) < 4.78 is 1.95. The van der Waals surface area contributed by atoms with E-state index in [4.69, 9.17) is 0 Å². The largest absolute Gasteiger partial charge is 0.372 e. The van der Waals surface area contributed by atoms with Crippen molar-refractivity contribution in [2.45, 2.75) is 20.4 Å². The van der Waals surface area contributed by atoms with Crippen molar-refractivity contribution in [3.8, 4) is 0 Å². The monoisotopic (exact) mass is 153 g/mol. The van der Waals surface area contributed by atoms with Crippen LogP contribution in [0, 0.1) is 5.92 Å². The zero-order valence-corrected chi connectivity index (χ0v) is 7.33. The Morgan fingerprint density at radius 3 is 2.82 bits per heavy atom. The van der Waals surface area contributed by atoms with Crippen molar-refractivity contribution in [2.75, 3.05) is 12.4 Å². The van der Waals surface area contributed by atoms with E-state index >= 15 is 0 Å². The molecule has 1 rings (SSSR count). The lowest BCUT2D eigenvalue weighted by molar-refractivity contribution is 0.484. The molecule has 3 nitrogen and oxygen atoms in total. The predicted octanol–water partition coefficient (Wildman–Crippen LogP) is 1.58. The van der Waals surface area contributed by atoms with Crippen molar-refractivity contribution < 1.29 is 0 Å². The number of nitrogens with zero attached hydrogens (tertiary/aromatic N) is 2. The van der Waals surface area contributed by atoms with E-state index in [0.29, 0.717) is 5.92 Å². The number of rotatable bonds is 3. The van der Waals surface area contributed by atoms with Crippen LogP contribution in [-0.4, -0.2) is 16.8 Å². The normalized spacial score (nSPS) is 10.5. The number of hydrogen-bond donors (Lipinski definition) is 1. The molecule has 0 aliphatic heterocycles. The Morgan fingerprint density at radius 1 is 1.64 bits per heavy atom. The molecule has 62 valence electrons. The van der Waals surface area contributed by atoms with Crippen LogP contribution in [0.1, 0.15) is 13.8 Å². The van der Waals surface area contributed by atoms with Gasteiger partial charge in [0.15, 0.2) is 0 Å². The van der Waals surface area contributed by atoms with Crippen LogP contribution in [0.25, 0.3) is 0 Å². The van der Waals surface area contributed by atoms with E-state index in [1.165, 1.54) is 0 Å². The summed E-state index contributed by atoms with van der Waals surface area (Å²) in [4.78, 5) is 0. The molecule has 0 unspecified atom stereocenters. The molecule has 0 radical (unpaired) electrons. The van der Waals surface area contributed by atoms with E-state index in [1.807, 2.05) is 24.0 Å². The summed E-state index contributed by atoms with van der Waals surface area (Å²) in [6, 6.07) is 1.97. The highest BCUT2D eigenvalue weighted by molar-refractivity contribution is 5.30. The third kappa shape index (κ3) is 2.26. The molecule has 11 heavy (non-hydrogen) atoms. The minimum Gasteiger partial charge on any atom is -0.372 e. The number of anilines is 1. The smallest absolute Gasteiger partial charge is 0.147 e. The lowest BCUT2D eigenvalue weighted by Crippen LogP contribution is -2.05. The van der Waals surface area contributed by atoms with Crippen LogP contribution in [0.2, 0.25) is 0 Å². The number of hydrogen-bond acceptors (Lipinski definition) is 2. The molecule has 0 spiro atoms. The van der Waals surface area contributed by atoms with Gasteiger partial charge in [-0.15, -0.1) is 0 Å². The molecule has 1 N–H and O–H groups in total. The molecule has 0 atom stereocenters. The third-order valence-electron chi connectivity index (χ3n) is 1.45. The first kappa shape index (κ1) is 8.11. The second-order valence-electron chi connectivity index (χ2n) is 3.07. The van der Waals surface area contributed by atoms with Crippen LogP contribution in [0.15, 0.2) is 12.3 Å². The van der Waals surface area contributed by atoms with Gasteiger partial charge in [-0.05, 0) is 5.92 Å². The average Bonchev–Trinajstić information content (AvgIpc) is 2.34. The Bertz CT molecular complexity index is 215. The Balaban J connectivity index is 2.58. The quantitative estimate of drug-likeness (QED) is 0.714. The minimum atomic E-state index is 0.652. The fourth-order valence-corrected chi connectivity index (χ4v) is 0.971. The molecule has 0 aliphatic rings. The van der Waals surface area contributed by atoms with Gasteiger partial charge in [0.1, 0.15) is 5.82 Å². The second-order valence-corrected chi connectivity index (χ2v) is 3.07. The summed E-state index contributed by atoms with van der Waals surface area (Å²) in [7, 11) is 1.88. The van der Waals surface area contributed by atoms with Crippen molar-refractivity contribution in [3.05, 3.63) is 12.3 Å². The molecule has 0 amide bonds. The van der Waals surface area contributed by atoms with Crippen LogP contribution in [0.4, 0.5) is 5.82 Å². The zero-order chi connectivity index (χ0) is 8.27. The SMILES string of the molecule is CNc1ccn(CC(C)C)n1. The van der Waals surface area contributed by atoms with Gasteiger partial charge in [-0.3, -0.25) is 4.68 Å². The molecule has 0 fully saturated rings. The van der Waals surface area contributed by atoms with Crippen molar-refractivity contribution >= 4 is 5.82 Å². The van der Waals surface area contributed by atoms with Crippen molar-refractivity contribution in [2.24, 2.45) is 5.92 Å². The zero-order valence-electron chi connectivity index (χ0n) is 7.33.